The van der Waals surface area contributed by atoms with E-state index < -0.39 is 247 Å². The van der Waals surface area contributed by atoms with Crippen molar-refractivity contribution in [2.45, 2.75) is 190 Å². The molecule has 1 saturated heterocycles. The number of ketones is 3. The Labute approximate surface area is 735 Å². The summed E-state index contributed by atoms with van der Waals surface area (Å²) < 4.78 is 78.5. The summed E-state index contributed by atoms with van der Waals surface area (Å²) in [5.41, 5.74) is 3.56. The molecule has 7 rings (SSSR count). The maximum absolute atomic E-state index is 15.9. The standard InChI is InChI=1S/C88H114Cl3N9O20S3/c1-9-10-11-12-13-19-39-98(3)87(113)74-53-68(103)49-64(54-101)78(105)51-62(36-40-121(6,115)116)77(104)52-63(37-41-122(7,117)118)86(112)99(4)75(47-56-22-15-14-16-23-56)83(109)92-70(38-42-123(8,119)120)80(106)93-72(50-61-33-32-60-26-17-18-29-69(60)61)82(108)95-73(46-59-25-21-28-67(91)44-59)88(114)100(5)76(48-57-30-34-65(89)35-31-57)84(110)97-79(55(2)102)85(111)94-71(81(107)96-74)45-58-24-20-27-66(90)43-58/h14-18,20-31,33-35,43-44,55,62-64,70-76,79,101-102H,9-13,19,32,36-42,45-54H2,1-8H3,(H,92,109)(H,93,106)(H,94,111)(H,95,108)(H,96,107)(H,97,110)/t55-,62-,63-,64+,70+,71+,72+,73+,74+,75+,76+,79+/m1/s1. The Kier molecular flexibility index (Phi) is 39.1. The Morgan fingerprint density at radius 2 is 0.951 bits per heavy atom. The Morgan fingerprint density at radius 3 is 1.54 bits per heavy atom. The number of carbonyl (C=O) groups is 12. The summed E-state index contributed by atoms with van der Waals surface area (Å²) in [5.74, 6) is -19.4. The zero-order chi connectivity index (χ0) is 90.6. The van der Waals surface area contributed by atoms with Crippen LogP contribution in [0.4, 0.5) is 0 Å². The van der Waals surface area contributed by atoms with Gasteiger partial charge in [0.25, 0.3) is 0 Å². The minimum absolute atomic E-state index is 0.131. The maximum Gasteiger partial charge on any atom is 0.245 e. The average molecular weight is 1820 g/mol. The first-order chi connectivity index (χ1) is 58.0. The molecule has 123 heavy (non-hydrogen) atoms. The zero-order valence-electron chi connectivity index (χ0n) is 70.5. The Hall–Kier alpha value is -9.28. The first-order valence-electron chi connectivity index (χ1n) is 41.0. The van der Waals surface area contributed by atoms with Crippen LogP contribution < -0.4 is 31.9 Å². The SMILES string of the molecule is CCCCCCCCN(C)C(=O)[C@@H]1CC(=O)C[C@@H](CO)C(=O)C[C@@H](CCS(C)(=O)=O)C(=O)C[C@@H](CCS(C)(=O)=O)C(=O)N(C)[C@@H](Cc2ccccc2)C(=O)N[C@@H](CCS(C)(=O)=O)C(=O)N[C@@H](CC2=CCc3ccccc32)C(=O)N[C@@H](Cc2cccc(Cl)c2)C(=O)N(C)[C@@H](Cc2ccc(Cl)cc2)C(=O)N[C@@H]([C@@H](C)O)C(=O)N[C@@H](Cc2cccc(Cl)c2)C(=O)N1. The van der Waals surface area contributed by atoms with Crippen molar-refractivity contribution in [3.63, 3.8) is 0 Å². The van der Waals surface area contributed by atoms with Gasteiger partial charge in [-0.25, -0.2) is 25.3 Å². The predicted octanol–water partition coefficient (Wildman–Crippen LogP) is 6.14. The van der Waals surface area contributed by atoms with Crippen LogP contribution in [0.2, 0.25) is 15.1 Å². The molecule has 5 aromatic rings. The molecule has 1 fully saturated rings. The number of fused-ring (bicyclic) bond motifs is 1. The summed E-state index contributed by atoms with van der Waals surface area (Å²) in [6.07, 6.45) is 0.826. The Bertz CT molecular complexity index is 4970. The van der Waals surface area contributed by atoms with E-state index in [2.05, 4.69) is 38.8 Å². The molecule has 0 saturated carbocycles. The van der Waals surface area contributed by atoms with Crippen LogP contribution in [-0.4, -0.2) is 245 Å². The molecule has 35 heteroatoms. The molecule has 0 bridgehead atoms. The van der Waals surface area contributed by atoms with Crippen molar-refractivity contribution >= 4 is 140 Å². The van der Waals surface area contributed by atoms with Crippen molar-refractivity contribution in [1.29, 1.82) is 0 Å². The van der Waals surface area contributed by atoms with Crippen molar-refractivity contribution in [2.24, 2.45) is 17.8 Å². The van der Waals surface area contributed by atoms with Crippen LogP contribution in [0.25, 0.3) is 5.57 Å². The number of rotatable bonds is 29. The zero-order valence-corrected chi connectivity index (χ0v) is 75.3. The number of aliphatic hydroxyl groups excluding tert-OH is 2. The lowest BCUT2D eigenvalue weighted by Gasteiger charge is -2.34. The summed E-state index contributed by atoms with van der Waals surface area (Å²) in [5, 5.41) is 39.3. The minimum atomic E-state index is -4.01. The summed E-state index contributed by atoms with van der Waals surface area (Å²) >= 11 is 19.4. The number of halogens is 3. The molecule has 670 valence electrons. The van der Waals surface area contributed by atoms with Crippen LogP contribution in [0, 0.1) is 17.8 Å². The smallest absolute Gasteiger partial charge is 0.245 e. The highest BCUT2D eigenvalue weighted by atomic mass is 35.5. The molecule has 1 aliphatic carbocycles. The van der Waals surface area contributed by atoms with E-state index in [0.717, 1.165) is 66.7 Å². The highest BCUT2D eigenvalue weighted by Gasteiger charge is 2.42. The van der Waals surface area contributed by atoms with Gasteiger partial charge in [0.15, 0.2) is 0 Å². The molecular formula is C88H114Cl3N9O20S3. The highest BCUT2D eigenvalue weighted by Crippen LogP contribution is 2.32. The fraction of sp³-hybridized carbons (Fsp3) is 0.500. The van der Waals surface area contributed by atoms with Crippen LogP contribution in [0.1, 0.15) is 137 Å². The van der Waals surface area contributed by atoms with Gasteiger partial charge in [-0.3, -0.25) is 57.5 Å². The van der Waals surface area contributed by atoms with Gasteiger partial charge in [-0.15, -0.1) is 0 Å². The number of nitrogens with one attached hydrogen (secondary N) is 6. The molecule has 0 radical (unpaired) electrons. The number of aliphatic hydroxyl groups is 2. The van der Waals surface area contributed by atoms with E-state index in [1.165, 1.54) is 56.4 Å². The lowest BCUT2D eigenvalue weighted by atomic mass is 9.84. The molecule has 9 amide bonds. The van der Waals surface area contributed by atoms with E-state index in [1.54, 1.807) is 91.0 Å². The molecule has 12 atom stereocenters. The Balaban J connectivity index is 1.42. The van der Waals surface area contributed by atoms with E-state index >= 15 is 43.2 Å². The molecule has 2 aliphatic rings. The highest BCUT2D eigenvalue weighted by molar-refractivity contribution is 7.91. The van der Waals surface area contributed by atoms with Gasteiger partial charge in [0.1, 0.15) is 95.2 Å². The summed E-state index contributed by atoms with van der Waals surface area (Å²) in [7, 11) is -8.10. The third-order valence-corrected chi connectivity index (χ3v) is 25.7. The molecule has 8 N–H and O–H groups in total. The van der Waals surface area contributed by atoms with Crippen molar-refractivity contribution < 1.29 is 93.0 Å². The predicted molar refractivity (Wildman–Crippen MR) is 470 cm³/mol. The van der Waals surface area contributed by atoms with Gasteiger partial charge < -0.3 is 56.8 Å². The van der Waals surface area contributed by atoms with Gasteiger partial charge in [-0.1, -0.05) is 171 Å². The summed E-state index contributed by atoms with van der Waals surface area (Å²) in [6.45, 7) is 2.29. The molecule has 1 heterocycles. The lowest BCUT2D eigenvalue weighted by Crippen LogP contribution is -2.62. The monoisotopic (exact) mass is 1820 g/mol. The van der Waals surface area contributed by atoms with E-state index in [1.807, 2.05) is 12.1 Å². The quantitative estimate of drug-likeness (QED) is 0.0249. The molecule has 0 aromatic heterocycles. The summed E-state index contributed by atoms with van der Waals surface area (Å²) in [4.78, 5) is 187. The second-order valence-electron chi connectivity index (χ2n) is 32.3. The number of allylic oxidation sites excluding steroid dienone is 1. The van der Waals surface area contributed by atoms with Gasteiger partial charge in [0.05, 0.1) is 30.0 Å². The van der Waals surface area contributed by atoms with Crippen molar-refractivity contribution in [2.75, 3.05) is 70.3 Å². The minimum Gasteiger partial charge on any atom is -0.396 e. The van der Waals surface area contributed by atoms with Crippen LogP contribution in [-0.2, 0) is 119 Å². The average Bonchev–Trinajstić information content (AvgIpc) is 1.72. The fourth-order valence-electron chi connectivity index (χ4n) is 14.9. The molecule has 1 aliphatic heterocycles. The third-order valence-electron chi connectivity index (χ3n) is 22.0. The number of benzene rings is 5. The molecule has 29 nitrogen and oxygen atoms in total. The first kappa shape index (κ1) is 101. The first-order valence-corrected chi connectivity index (χ1v) is 48.4. The third kappa shape index (κ3) is 33.0. The number of likely N-dealkylation sites (N-methyl/N-ethyl adjacent to an activating group) is 3. The number of nitrogens with zero attached hydrogens (tertiary/aromatic N) is 3. The van der Waals surface area contributed by atoms with Crippen LogP contribution in [0.5, 0.6) is 0 Å². The van der Waals surface area contributed by atoms with Crippen LogP contribution in [0.3, 0.4) is 0 Å². The van der Waals surface area contributed by atoms with Gasteiger partial charge in [0, 0.05) is 137 Å². The van der Waals surface area contributed by atoms with Gasteiger partial charge in [-0.05, 0) is 114 Å². The number of Topliss-reactive ketones (excluding diaryl/α,β-unsaturated/α-hetero) is 3. The number of hydrogen-bond donors (Lipinski definition) is 8. The fourth-order valence-corrected chi connectivity index (χ4v) is 17.6. The van der Waals surface area contributed by atoms with E-state index in [9.17, 15) is 49.9 Å². The molecule has 0 spiro atoms. The topological polar surface area (TPSA) is 430 Å². The van der Waals surface area contributed by atoms with Crippen molar-refractivity contribution in [3.05, 3.63) is 182 Å². The van der Waals surface area contributed by atoms with Gasteiger partial charge >= 0.3 is 0 Å². The second-order valence-corrected chi connectivity index (χ2v) is 40.4. The van der Waals surface area contributed by atoms with E-state index in [4.69, 9.17) is 34.8 Å². The van der Waals surface area contributed by atoms with Gasteiger partial charge in [-0.2, -0.15) is 0 Å². The number of amides is 9. The Morgan fingerprint density at radius 1 is 0.480 bits per heavy atom. The number of unbranched alkanes of at least 4 members (excludes halogenated alkanes) is 5. The van der Waals surface area contributed by atoms with Crippen LogP contribution in [0.15, 0.2) is 133 Å². The number of sulfone groups is 3. The van der Waals surface area contributed by atoms with E-state index in [0.29, 0.717) is 57.7 Å². The molecule has 0 unspecified atom stereocenters. The normalized spacial score (nSPS) is 22.7. The maximum atomic E-state index is 15.9. The van der Waals surface area contributed by atoms with Crippen molar-refractivity contribution in [1.82, 2.24) is 46.6 Å². The summed E-state index contributed by atoms with van der Waals surface area (Å²) in [6, 6.07) is 19.7. The lowest BCUT2D eigenvalue weighted by molar-refractivity contribution is -0.144. The van der Waals surface area contributed by atoms with Gasteiger partial charge in [0.2, 0.25) is 53.2 Å². The number of hydrogen-bond acceptors (Lipinski definition) is 20. The molecular weight excluding hydrogens is 1710 g/mol. The van der Waals surface area contributed by atoms with E-state index in [-0.39, 0.29) is 42.3 Å². The largest absolute Gasteiger partial charge is 0.396 e. The number of carbonyl (C=O) groups excluding carboxylic acids is 12. The molecule has 5 aromatic carbocycles. The second kappa shape index (κ2) is 47.7. The van der Waals surface area contributed by atoms with Crippen molar-refractivity contribution in [3.8, 4) is 0 Å². The van der Waals surface area contributed by atoms with Crippen LogP contribution >= 0.6 is 34.8 Å².